The van der Waals surface area contributed by atoms with E-state index in [0.717, 1.165) is 273 Å². The maximum atomic E-state index is 13.3. The van der Waals surface area contributed by atoms with Gasteiger partial charge in [-0.1, -0.05) is 0 Å². The summed E-state index contributed by atoms with van der Waals surface area (Å²) in [5.74, 6) is -0.708. The molecule has 8 fully saturated rings. The van der Waals surface area contributed by atoms with Crippen LogP contribution >= 0.6 is 0 Å². The second kappa shape index (κ2) is 32.7. The minimum atomic E-state index is -0.961. The van der Waals surface area contributed by atoms with Crippen LogP contribution in [0.25, 0.3) is 44.3 Å². The van der Waals surface area contributed by atoms with Gasteiger partial charge in [-0.05, 0) is 135 Å². The van der Waals surface area contributed by atoms with Gasteiger partial charge < -0.3 is 35.1 Å². The molecule has 32 nitrogen and oxygen atoms in total. The molecule has 4 aromatic heterocycles. The van der Waals surface area contributed by atoms with Crippen molar-refractivity contribution in [1.29, 1.82) is 0 Å². The van der Waals surface area contributed by atoms with E-state index in [0.29, 0.717) is 39.8 Å². The van der Waals surface area contributed by atoms with Gasteiger partial charge in [0.05, 0.1) is 38.2 Å². The van der Waals surface area contributed by atoms with Gasteiger partial charge in [0.2, 0.25) is 23.6 Å². The first-order valence-electron chi connectivity index (χ1n) is 40.3. The van der Waals surface area contributed by atoms with Crippen molar-refractivity contribution in [3.05, 3.63) is 142 Å². The minimum Gasteiger partial charge on any atom is -0.399 e. The lowest BCUT2D eigenvalue weighted by molar-refractivity contribution is -0.384. The van der Waals surface area contributed by atoms with Gasteiger partial charge in [0.1, 0.15) is 35.1 Å². The summed E-state index contributed by atoms with van der Waals surface area (Å²) >= 11 is 0. The molecule has 594 valence electrons. The number of non-ortho nitro benzene ring substituents is 1. The molecule has 114 heavy (non-hydrogen) atoms. The third-order valence-corrected chi connectivity index (χ3v) is 25.0. The zero-order chi connectivity index (χ0) is 78.3. The number of nitrogens with zero attached hydrogens (tertiary/aromatic N) is 17. The molecule has 8 saturated heterocycles. The number of piperazine rings is 4. The molecule has 2 atom stereocenters. The van der Waals surface area contributed by atoms with E-state index in [-0.39, 0.29) is 48.1 Å². The van der Waals surface area contributed by atoms with Crippen molar-refractivity contribution in [2.24, 2.45) is 11.8 Å². The Kier molecular flexibility index (Phi) is 21.7. The maximum absolute atomic E-state index is 13.3. The number of nitrogens with two attached hydrogens (primary N) is 1. The quantitative estimate of drug-likeness (QED) is 0.0312. The highest BCUT2D eigenvalue weighted by atomic mass is 16.6. The Morgan fingerprint density at radius 2 is 0.789 bits per heavy atom. The number of aromatic nitrogens is 6. The van der Waals surface area contributed by atoms with Gasteiger partial charge in [-0.3, -0.25) is 98.7 Å². The maximum Gasteiger partial charge on any atom is 0.270 e. The Morgan fingerprint density at radius 1 is 0.404 bits per heavy atom. The van der Waals surface area contributed by atoms with Crippen molar-refractivity contribution in [2.75, 3.05) is 195 Å². The van der Waals surface area contributed by atoms with E-state index in [1.165, 1.54) is 6.07 Å². The van der Waals surface area contributed by atoms with Crippen LogP contribution < -0.4 is 36.0 Å². The number of piperidine rings is 4. The first-order valence-corrected chi connectivity index (χ1v) is 40.3. The zero-order valence-corrected chi connectivity index (χ0v) is 64.0. The minimum absolute atomic E-state index is 0.0380. The van der Waals surface area contributed by atoms with Crippen LogP contribution in [-0.4, -0.2) is 304 Å². The van der Waals surface area contributed by atoms with Crippen LogP contribution in [0.1, 0.15) is 92.8 Å². The topological polar surface area (TPSA) is 352 Å². The predicted octanol–water partition coefficient (Wildman–Crippen LogP) is 4.86. The van der Waals surface area contributed by atoms with Crippen LogP contribution in [0.5, 0.6) is 0 Å². The van der Waals surface area contributed by atoms with Crippen molar-refractivity contribution in [3.8, 4) is 22.5 Å². The van der Waals surface area contributed by atoms with Gasteiger partial charge in [-0.2, -0.15) is 10.2 Å². The summed E-state index contributed by atoms with van der Waals surface area (Å²) in [6, 6.07) is 27.5. The molecule has 8 amide bonds. The molecular formula is C82H96N22O10. The van der Waals surface area contributed by atoms with Crippen LogP contribution in [0.3, 0.4) is 0 Å². The number of fused-ring (bicyclic) bond motifs is 4. The van der Waals surface area contributed by atoms with E-state index in [2.05, 4.69) is 91.1 Å². The van der Waals surface area contributed by atoms with Crippen molar-refractivity contribution in [1.82, 2.24) is 80.2 Å². The number of imide groups is 4. The number of H-pyrrole nitrogens is 2. The molecule has 4 aromatic carbocycles. The standard InChI is InChI=1S/C41H47N11O6.C41H49N11O4/c53-37-6-5-35(39(54)43-37)51-40(55)31-3-1-29(24-32(31)41(51)56)49-11-8-27(9-12-49)26-48-17-15-46(16-18-48)13-14-47-19-21-50(22-20-47)36-23-28(7-10-42-36)38-33-25-30(52(57)58)2-4-34(33)44-45-38;42-29-1-4-34-33(24-29)38(46-45-34)28-7-10-43-36(23-28)51-21-19-48(20-22-51)14-13-47-15-17-49(18-16-47)26-27-8-11-50(12-9-27)30-2-3-31-32(25-30)41(56)52(40(31)55)35-5-6-37(53)44-39(35)54/h1-4,7,10,23-25,27,35H,5-6,8-9,11-22,26H2,(H,44,45)(H,43,53,54);1-4,7,10,23-25,27,35H,5-6,8-9,11-22,26,42H2,(H,45,46)(H,44,53,54). The largest absolute Gasteiger partial charge is 0.399 e. The number of pyridine rings is 2. The molecule has 6 N–H and O–H groups in total. The molecule has 8 aromatic rings. The number of benzene rings is 4. The Hall–Kier alpha value is -11.2. The lowest BCUT2D eigenvalue weighted by atomic mass is 9.95. The molecule has 0 saturated carbocycles. The SMILES string of the molecule is Nc1ccc2[nH]nc(-c3ccnc(N4CCN(CCN5CCN(CC6CCN(c7ccc8c(c7)C(=O)N(C7CCC(=O)NC7=O)C8=O)CC6)CC5)CC4)c3)c2c1.O=C1CCC(N2C(=O)c3ccc(N4CCC(CN5CCN(CCN6CCN(c7cc(-c8n[nH]c9ccc([N+](=O)[O-])cc89)ccn7)CC6)CC5)CC4)cc3C2=O)C(=O)N1. The Balaban J connectivity index is 0.000000165. The number of hydrogen-bond acceptors (Lipinski definition) is 25. The van der Waals surface area contributed by atoms with Crippen LogP contribution in [0.15, 0.2) is 109 Å². The molecule has 0 spiro atoms. The average Bonchev–Trinajstić information content (AvgIpc) is 1.62. The van der Waals surface area contributed by atoms with E-state index in [9.17, 15) is 48.5 Å². The zero-order valence-electron chi connectivity index (χ0n) is 64.0. The van der Waals surface area contributed by atoms with Crippen molar-refractivity contribution < 1.29 is 43.3 Å². The number of rotatable bonds is 19. The molecular weight excluding hydrogens is 1450 g/mol. The number of carbonyl (C=O) groups excluding carboxylic acids is 8. The smallest absolute Gasteiger partial charge is 0.270 e. The molecule has 0 bridgehead atoms. The predicted molar refractivity (Wildman–Crippen MR) is 429 cm³/mol. The molecule has 14 heterocycles. The fraction of sp³-hybridized carbons (Fsp3) is 0.463. The fourth-order valence-corrected chi connectivity index (χ4v) is 18.2. The third kappa shape index (κ3) is 16.0. The molecule has 0 radical (unpaired) electrons. The summed E-state index contributed by atoms with van der Waals surface area (Å²) in [4.78, 5) is 148. The molecule has 0 aliphatic carbocycles. The van der Waals surface area contributed by atoms with Crippen LogP contribution in [-0.2, 0) is 19.2 Å². The number of hydrogen-bond donors (Lipinski definition) is 5. The normalized spacial score (nSPS) is 21.8. The molecule has 18 rings (SSSR count). The van der Waals surface area contributed by atoms with Gasteiger partial charge in [0.15, 0.2) is 0 Å². The number of carbonyl (C=O) groups is 8. The Bertz CT molecular complexity index is 5020. The van der Waals surface area contributed by atoms with Crippen LogP contribution in [0, 0.1) is 22.0 Å². The summed E-state index contributed by atoms with van der Waals surface area (Å²) in [7, 11) is 0. The summed E-state index contributed by atoms with van der Waals surface area (Å²) in [5, 5.41) is 32.8. The third-order valence-electron chi connectivity index (χ3n) is 25.0. The number of amides is 8. The fourth-order valence-electron chi connectivity index (χ4n) is 18.2. The molecule has 2 unspecified atom stereocenters. The number of nitro groups is 1. The first-order chi connectivity index (χ1) is 55.4. The van der Waals surface area contributed by atoms with Gasteiger partial charge in [0.25, 0.3) is 29.3 Å². The highest BCUT2D eigenvalue weighted by Crippen LogP contribution is 2.38. The summed E-state index contributed by atoms with van der Waals surface area (Å²) in [6.45, 7) is 26.3. The van der Waals surface area contributed by atoms with E-state index in [4.69, 9.17) is 10.7 Å². The second-order valence-electron chi connectivity index (χ2n) is 31.9. The van der Waals surface area contributed by atoms with Gasteiger partial charge >= 0.3 is 0 Å². The summed E-state index contributed by atoms with van der Waals surface area (Å²) < 4.78 is 0. The number of anilines is 5. The summed E-state index contributed by atoms with van der Waals surface area (Å²) in [6.07, 6.45) is 8.44. The number of nitrogens with one attached hydrogen (secondary N) is 4. The first kappa shape index (κ1) is 75.5. The number of nitro benzene ring substituents is 1. The molecule has 10 aliphatic rings. The molecule has 10 aliphatic heterocycles. The van der Waals surface area contributed by atoms with E-state index in [1.54, 1.807) is 42.6 Å². The lowest BCUT2D eigenvalue weighted by Gasteiger charge is -2.40. The highest BCUT2D eigenvalue weighted by Gasteiger charge is 2.47. The Morgan fingerprint density at radius 3 is 1.20 bits per heavy atom. The van der Waals surface area contributed by atoms with E-state index >= 15 is 0 Å². The second-order valence-corrected chi connectivity index (χ2v) is 31.9. The van der Waals surface area contributed by atoms with E-state index < -0.39 is 47.5 Å². The summed E-state index contributed by atoms with van der Waals surface area (Å²) in [5.41, 5.74) is 15.2. The monoisotopic (exact) mass is 1550 g/mol. The average molecular weight is 1550 g/mol. The van der Waals surface area contributed by atoms with Crippen LogP contribution in [0.2, 0.25) is 0 Å². The van der Waals surface area contributed by atoms with Crippen LogP contribution in [0.4, 0.5) is 34.4 Å². The van der Waals surface area contributed by atoms with Crippen molar-refractivity contribution in [3.63, 3.8) is 0 Å². The van der Waals surface area contributed by atoms with E-state index in [1.807, 2.05) is 54.7 Å². The number of aromatic amines is 2. The lowest BCUT2D eigenvalue weighted by Crippen LogP contribution is -2.54. The Labute approximate surface area is 659 Å². The highest BCUT2D eigenvalue weighted by molar-refractivity contribution is 6.25. The van der Waals surface area contributed by atoms with Crippen molar-refractivity contribution >= 4 is 103 Å². The van der Waals surface area contributed by atoms with Gasteiger partial charge in [-0.25, -0.2) is 9.97 Å². The van der Waals surface area contributed by atoms with Gasteiger partial charge in [0, 0.05) is 246 Å². The molecule has 32 heteroatoms. The number of nitrogen functional groups attached to an aromatic ring is 1. The van der Waals surface area contributed by atoms with Gasteiger partial charge in [-0.15, -0.1) is 0 Å². The van der Waals surface area contributed by atoms with Crippen molar-refractivity contribution in [2.45, 2.75) is 63.5 Å².